The average molecular weight is 392 g/mol. The fourth-order valence-electron chi connectivity index (χ4n) is 1.82. The van der Waals surface area contributed by atoms with Crippen LogP contribution in [0.1, 0.15) is 34.6 Å². The smallest absolute Gasteiger partial charge is 0.408 e. The van der Waals surface area contributed by atoms with Gasteiger partial charge in [0.1, 0.15) is 11.1 Å². The van der Waals surface area contributed by atoms with Crippen LogP contribution in [-0.2, 0) is 9.53 Å². The van der Waals surface area contributed by atoms with E-state index in [2.05, 4.69) is 15.2 Å². The molecule has 0 aliphatic carbocycles. The number of hydrogen-bond acceptors (Lipinski definition) is 3. The van der Waals surface area contributed by atoms with Gasteiger partial charge in [-0.2, -0.15) is 0 Å². The Hall–Kier alpha value is -0.970. The zero-order valence-corrected chi connectivity index (χ0v) is 14.7. The standard InChI is InChI=1S/C14H21IN2O3/c1-13(2,3)20-12(19)16-14(4,5)11(18)17-8-10(9-17)6-7-15/h10H,8-9H2,1-5H3,(H,16,19). The number of halogens is 1. The first-order valence-electron chi connectivity index (χ1n) is 6.47. The van der Waals surface area contributed by atoms with Crippen molar-refractivity contribution in [1.29, 1.82) is 0 Å². The van der Waals surface area contributed by atoms with Crippen LogP contribution in [0.25, 0.3) is 0 Å². The number of alkyl carbamates (subject to hydrolysis) is 1. The van der Waals surface area contributed by atoms with Crippen molar-refractivity contribution in [3.8, 4) is 9.85 Å². The molecule has 0 saturated carbocycles. The quantitative estimate of drug-likeness (QED) is 0.579. The lowest BCUT2D eigenvalue weighted by Crippen LogP contribution is -2.61. The largest absolute Gasteiger partial charge is 0.444 e. The Bertz CT molecular complexity index is 451. The van der Waals surface area contributed by atoms with Crippen LogP contribution in [0.4, 0.5) is 4.79 Å². The monoisotopic (exact) mass is 392 g/mol. The van der Waals surface area contributed by atoms with Gasteiger partial charge in [0, 0.05) is 35.7 Å². The Balaban J connectivity index is 2.54. The summed E-state index contributed by atoms with van der Waals surface area (Å²) in [6, 6.07) is 0. The fraction of sp³-hybridized carbons (Fsp3) is 0.714. The van der Waals surface area contributed by atoms with Crippen LogP contribution in [0.15, 0.2) is 0 Å². The van der Waals surface area contributed by atoms with Crippen molar-refractivity contribution >= 4 is 34.6 Å². The van der Waals surface area contributed by atoms with Crippen LogP contribution in [0.5, 0.6) is 0 Å². The van der Waals surface area contributed by atoms with E-state index in [4.69, 9.17) is 4.74 Å². The number of carbonyl (C=O) groups excluding carboxylic acids is 2. The highest BCUT2D eigenvalue weighted by Crippen LogP contribution is 2.20. The first-order valence-corrected chi connectivity index (χ1v) is 7.55. The van der Waals surface area contributed by atoms with Crippen molar-refractivity contribution in [2.45, 2.75) is 45.8 Å². The molecule has 0 atom stereocenters. The fourth-order valence-corrected chi connectivity index (χ4v) is 2.26. The molecule has 6 heteroatoms. The van der Waals surface area contributed by atoms with Crippen LogP contribution < -0.4 is 5.32 Å². The summed E-state index contributed by atoms with van der Waals surface area (Å²) in [7, 11) is 0. The molecular formula is C14H21IN2O3. The second-order valence-electron chi connectivity index (χ2n) is 6.40. The number of hydrogen-bond donors (Lipinski definition) is 1. The zero-order chi connectivity index (χ0) is 15.6. The van der Waals surface area contributed by atoms with Gasteiger partial charge in [0.15, 0.2) is 0 Å². The van der Waals surface area contributed by atoms with Gasteiger partial charge in [-0.3, -0.25) is 4.79 Å². The molecule has 2 amide bonds. The predicted molar refractivity (Wildman–Crippen MR) is 85.3 cm³/mol. The third-order valence-corrected chi connectivity index (χ3v) is 3.09. The number of amides is 2. The molecule has 20 heavy (non-hydrogen) atoms. The molecule has 1 fully saturated rings. The van der Waals surface area contributed by atoms with E-state index in [1.165, 1.54) is 0 Å². The highest BCUT2D eigenvalue weighted by Gasteiger charge is 2.39. The van der Waals surface area contributed by atoms with E-state index >= 15 is 0 Å². The van der Waals surface area contributed by atoms with Gasteiger partial charge in [-0.1, -0.05) is 5.92 Å². The lowest BCUT2D eigenvalue weighted by atomic mass is 9.96. The minimum absolute atomic E-state index is 0.116. The molecule has 0 unspecified atom stereocenters. The van der Waals surface area contributed by atoms with Gasteiger partial charge in [-0.25, -0.2) is 4.79 Å². The third-order valence-electron chi connectivity index (χ3n) is 2.78. The molecule has 0 bridgehead atoms. The van der Waals surface area contributed by atoms with Gasteiger partial charge >= 0.3 is 6.09 Å². The summed E-state index contributed by atoms with van der Waals surface area (Å²) in [5.41, 5.74) is -1.56. The predicted octanol–water partition coefficient (Wildman–Crippen LogP) is 2.14. The number of nitrogens with one attached hydrogen (secondary N) is 1. The normalized spacial score (nSPS) is 15.8. The summed E-state index contributed by atoms with van der Waals surface area (Å²) in [6.45, 7) is 9.94. The van der Waals surface area contributed by atoms with Crippen molar-refractivity contribution in [3.05, 3.63) is 0 Å². The van der Waals surface area contributed by atoms with Gasteiger partial charge in [0.2, 0.25) is 5.91 Å². The van der Waals surface area contributed by atoms with Crippen molar-refractivity contribution in [2.75, 3.05) is 13.1 Å². The molecule has 0 aromatic carbocycles. The van der Waals surface area contributed by atoms with Crippen LogP contribution in [-0.4, -0.2) is 41.1 Å². The molecule has 5 nitrogen and oxygen atoms in total. The number of likely N-dealkylation sites (tertiary alicyclic amines) is 1. The van der Waals surface area contributed by atoms with Gasteiger partial charge < -0.3 is 15.0 Å². The van der Waals surface area contributed by atoms with Crippen LogP contribution in [0.3, 0.4) is 0 Å². The van der Waals surface area contributed by atoms with E-state index in [9.17, 15) is 9.59 Å². The first kappa shape index (κ1) is 17.1. The van der Waals surface area contributed by atoms with Crippen LogP contribution >= 0.6 is 22.6 Å². The minimum atomic E-state index is -0.981. The highest BCUT2D eigenvalue weighted by atomic mass is 127. The maximum absolute atomic E-state index is 12.3. The Morgan fingerprint density at radius 3 is 2.25 bits per heavy atom. The SMILES string of the molecule is CC(C)(C)OC(=O)NC(C)(C)C(=O)N1CC(C#CI)C1. The lowest BCUT2D eigenvalue weighted by molar-refractivity contribution is -0.142. The molecule has 0 spiro atoms. The van der Waals surface area contributed by atoms with E-state index in [0.717, 1.165) is 0 Å². The molecule has 1 heterocycles. The Kier molecular flexibility index (Phi) is 5.30. The van der Waals surface area contributed by atoms with E-state index in [0.29, 0.717) is 13.1 Å². The maximum Gasteiger partial charge on any atom is 0.408 e. The maximum atomic E-state index is 12.3. The van der Waals surface area contributed by atoms with Crippen LogP contribution in [0, 0.1) is 15.8 Å². The second-order valence-corrected chi connectivity index (χ2v) is 6.94. The number of ether oxygens (including phenoxy) is 1. The molecule has 0 aromatic rings. The summed E-state index contributed by atoms with van der Waals surface area (Å²) in [4.78, 5) is 25.7. The molecule has 1 aliphatic heterocycles. The van der Waals surface area contributed by atoms with Gasteiger partial charge in [-0.05, 0) is 38.5 Å². The summed E-state index contributed by atoms with van der Waals surface area (Å²) >= 11 is 1.99. The first-order chi connectivity index (χ1) is 9.05. The molecule has 0 radical (unpaired) electrons. The van der Waals surface area contributed by atoms with Crippen molar-refractivity contribution in [1.82, 2.24) is 10.2 Å². The number of rotatable bonds is 2. The Labute approximate surface area is 133 Å². The van der Waals surface area contributed by atoms with Crippen molar-refractivity contribution < 1.29 is 14.3 Å². The van der Waals surface area contributed by atoms with Gasteiger partial charge in [-0.15, -0.1) is 0 Å². The van der Waals surface area contributed by atoms with E-state index < -0.39 is 17.2 Å². The summed E-state index contributed by atoms with van der Waals surface area (Å²) in [5, 5.41) is 2.62. The summed E-state index contributed by atoms with van der Waals surface area (Å²) < 4.78 is 7.99. The van der Waals surface area contributed by atoms with Crippen molar-refractivity contribution in [2.24, 2.45) is 5.92 Å². The molecule has 1 N–H and O–H groups in total. The molecule has 112 valence electrons. The number of nitrogens with zero attached hydrogens (tertiary/aromatic N) is 1. The summed E-state index contributed by atoms with van der Waals surface area (Å²) in [5.74, 6) is 3.15. The molecular weight excluding hydrogens is 371 g/mol. The zero-order valence-electron chi connectivity index (χ0n) is 12.5. The van der Waals surface area contributed by atoms with E-state index in [-0.39, 0.29) is 11.8 Å². The van der Waals surface area contributed by atoms with E-state index in [1.807, 2.05) is 22.6 Å². The minimum Gasteiger partial charge on any atom is -0.444 e. The van der Waals surface area contributed by atoms with Crippen molar-refractivity contribution in [3.63, 3.8) is 0 Å². The van der Waals surface area contributed by atoms with Crippen LogP contribution in [0.2, 0.25) is 0 Å². The second kappa shape index (κ2) is 6.20. The molecule has 1 saturated heterocycles. The number of carbonyl (C=O) groups is 2. The summed E-state index contributed by atoms with van der Waals surface area (Å²) in [6.07, 6.45) is -0.583. The molecule has 1 aliphatic rings. The highest BCUT2D eigenvalue weighted by molar-refractivity contribution is 14.1. The van der Waals surface area contributed by atoms with Gasteiger partial charge in [0.25, 0.3) is 0 Å². The average Bonchev–Trinajstić information content (AvgIpc) is 2.17. The lowest BCUT2D eigenvalue weighted by Gasteiger charge is -2.41. The third kappa shape index (κ3) is 4.85. The van der Waals surface area contributed by atoms with Gasteiger partial charge in [0.05, 0.1) is 5.92 Å². The Morgan fingerprint density at radius 1 is 1.25 bits per heavy atom. The topological polar surface area (TPSA) is 58.6 Å². The molecule has 0 aromatic heterocycles. The molecule has 1 rings (SSSR count). The van der Waals surface area contributed by atoms with E-state index in [1.54, 1.807) is 39.5 Å². The Morgan fingerprint density at radius 2 is 1.80 bits per heavy atom.